The number of rotatable bonds is 3. The van der Waals surface area contributed by atoms with Gasteiger partial charge in [-0.2, -0.15) is 0 Å². The maximum absolute atomic E-state index is 14.5. The van der Waals surface area contributed by atoms with Gasteiger partial charge in [0.2, 0.25) is 10.4 Å². The predicted octanol–water partition coefficient (Wildman–Crippen LogP) is 0.420. The molecule has 0 amide bonds. The smallest absolute Gasteiger partial charge is 0.264 e. The molecule has 4 N–H and O–H groups in total. The topological polar surface area (TPSA) is 93.5 Å². The number of anilines is 1. The van der Waals surface area contributed by atoms with Crippen molar-refractivity contribution in [3.8, 4) is 0 Å². The van der Waals surface area contributed by atoms with Crippen LogP contribution in [-0.2, 0) is 4.74 Å². The first-order chi connectivity index (χ1) is 9.28. The van der Waals surface area contributed by atoms with Gasteiger partial charge in [0.1, 0.15) is 19.1 Å². The van der Waals surface area contributed by atoms with E-state index in [9.17, 15) is 18.3 Å². The van der Waals surface area contributed by atoms with Crippen LogP contribution in [0, 0.1) is 4.77 Å². The molecule has 1 aromatic heterocycles. The zero-order valence-corrected chi connectivity index (χ0v) is 10.9. The van der Waals surface area contributed by atoms with E-state index >= 15 is 0 Å². The number of hydrogen-bond acceptors (Lipinski definition) is 6. The fraction of sp³-hybridized carbons (Fsp3) is 0.600. The summed E-state index contributed by atoms with van der Waals surface area (Å²) in [6, 6.07) is 1.22. The second kappa shape index (κ2) is 4.95. The van der Waals surface area contributed by atoms with E-state index in [1.54, 1.807) is 0 Å². The van der Waals surface area contributed by atoms with Crippen LogP contribution in [0.2, 0.25) is 0 Å². The summed E-state index contributed by atoms with van der Waals surface area (Å²) >= 11 is 4.81. The molecule has 112 valence electrons. The van der Waals surface area contributed by atoms with Crippen LogP contribution in [0.1, 0.15) is 6.23 Å². The van der Waals surface area contributed by atoms with E-state index < -0.39 is 37.1 Å². The van der Waals surface area contributed by atoms with Crippen molar-refractivity contribution in [1.82, 2.24) is 9.55 Å². The van der Waals surface area contributed by atoms with Crippen molar-refractivity contribution in [2.24, 2.45) is 0 Å². The number of nitrogens with zero attached hydrogens (tertiary/aromatic N) is 2. The standard InChI is InChI=1S/C10H12F3N3O3S/c11-3-9(12)6(18)10(13,4-17)19-7(9)16-2-1-5(14)15-8(16)20/h1-2,6-7,17-18H,3-4H2,(H2,14,15,20)/t6?,7-,9-,10-/m1/s1. The Labute approximate surface area is 116 Å². The summed E-state index contributed by atoms with van der Waals surface area (Å²) in [4.78, 5) is 3.64. The second-order valence-corrected chi connectivity index (χ2v) is 4.78. The second-order valence-electron chi connectivity index (χ2n) is 4.42. The maximum atomic E-state index is 14.5. The molecule has 0 spiro atoms. The minimum Gasteiger partial charge on any atom is -0.390 e. The number of nitrogens with two attached hydrogens (primary N) is 1. The summed E-state index contributed by atoms with van der Waals surface area (Å²) in [6.07, 6.45) is -3.30. The Morgan fingerprint density at radius 3 is 2.70 bits per heavy atom. The highest BCUT2D eigenvalue weighted by Gasteiger charge is 2.66. The summed E-state index contributed by atoms with van der Waals surface area (Å²) in [7, 11) is 0. The fourth-order valence-corrected chi connectivity index (χ4v) is 2.26. The lowest BCUT2D eigenvalue weighted by molar-refractivity contribution is -0.207. The lowest BCUT2D eigenvalue weighted by Crippen LogP contribution is -2.49. The molecule has 6 nitrogen and oxygen atoms in total. The number of alkyl halides is 3. The number of aliphatic hydroxyl groups is 2. The van der Waals surface area contributed by atoms with Crippen LogP contribution in [0.15, 0.2) is 12.3 Å². The normalized spacial score (nSPS) is 37.2. The van der Waals surface area contributed by atoms with Crippen molar-refractivity contribution < 1.29 is 28.1 Å². The van der Waals surface area contributed by atoms with E-state index in [1.165, 1.54) is 6.07 Å². The van der Waals surface area contributed by atoms with Gasteiger partial charge in [-0.25, -0.2) is 18.2 Å². The highest BCUT2D eigenvalue weighted by Crippen LogP contribution is 2.47. The van der Waals surface area contributed by atoms with Crippen molar-refractivity contribution in [2.75, 3.05) is 19.0 Å². The van der Waals surface area contributed by atoms with Gasteiger partial charge in [-0.05, 0) is 18.3 Å². The van der Waals surface area contributed by atoms with E-state index in [2.05, 4.69) is 9.72 Å². The Hall–Kier alpha value is -1.23. The zero-order valence-electron chi connectivity index (χ0n) is 10.0. The Balaban J connectivity index is 2.52. The molecule has 2 rings (SSSR count). The van der Waals surface area contributed by atoms with E-state index in [0.717, 1.165) is 10.8 Å². The van der Waals surface area contributed by atoms with Gasteiger partial charge >= 0.3 is 0 Å². The van der Waals surface area contributed by atoms with E-state index in [0.29, 0.717) is 0 Å². The molecular formula is C10H12F3N3O3S. The molecule has 1 fully saturated rings. The molecule has 0 aliphatic carbocycles. The molecule has 0 aromatic carbocycles. The molecule has 1 aliphatic heterocycles. The van der Waals surface area contributed by atoms with Gasteiger partial charge in [-0.15, -0.1) is 0 Å². The van der Waals surface area contributed by atoms with Crippen molar-refractivity contribution in [3.05, 3.63) is 17.0 Å². The summed E-state index contributed by atoms with van der Waals surface area (Å²) < 4.78 is 46.8. The first-order valence-electron chi connectivity index (χ1n) is 5.53. The molecule has 0 bridgehead atoms. The number of aromatic nitrogens is 2. The molecule has 0 saturated carbocycles. The van der Waals surface area contributed by atoms with Gasteiger partial charge in [0.05, 0.1) is 0 Å². The molecule has 4 atom stereocenters. The molecular weight excluding hydrogens is 299 g/mol. The van der Waals surface area contributed by atoms with E-state index in [1.807, 2.05) is 0 Å². The number of hydrogen-bond donors (Lipinski definition) is 3. The van der Waals surface area contributed by atoms with Crippen molar-refractivity contribution in [3.63, 3.8) is 0 Å². The largest absolute Gasteiger partial charge is 0.390 e. The monoisotopic (exact) mass is 311 g/mol. The summed E-state index contributed by atoms with van der Waals surface area (Å²) in [6.45, 7) is -3.08. The number of nitrogen functional groups attached to an aromatic ring is 1. The quantitative estimate of drug-likeness (QED) is 0.701. The van der Waals surface area contributed by atoms with Gasteiger partial charge < -0.3 is 20.7 Å². The van der Waals surface area contributed by atoms with Crippen LogP contribution in [0.3, 0.4) is 0 Å². The average Bonchev–Trinajstić information content (AvgIpc) is 2.62. The molecule has 10 heteroatoms. The maximum Gasteiger partial charge on any atom is 0.264 e. The highest BCUT2D eigenvalue weighted by molar-refractivity contribution is 7.71. The molecule has 1 unspecified atom stereocenters. The third-order valence-corrected chi connectivity index (χ3v) is 3.41. The van der Waals surface area contributed by atoms with Crippen LogP contribution < -0.4 is 5.73 Å². The number of aliphatic hydroxyl groups excluding tert-OH is 2. The van der Waals surface area contributed by atoms with Crippen LogP contribution >= 0.6 is 12.2 Å². The first-order valence-corrected chi connectivity index (χ1v) is 5.94. The molecule has 2 heterocycles. The lowest BCUT2D eigenvalue weighted by Gasteiger charge is -2.26. The Kier molecular flexibility index (Phi) is 3.75. The van der Waals surface area contributed by atoms with E-state index in [-0.39, 0.29) is 10.6 Å². The predicted molar refractivity (Wildman–Crippen MR) is 64.3 cm³/mol. The Morgan fingerprint density at radius 2 is 2.20 bits per heavy atom. The van der Waals surface area contributed by atoms with Gasteiger partial charge in [0.15, 0.2) is 12.3 Å². The zero-order chi connectivity index (χ0) is 15.1. The van der Waals surface area contributed by atoms with Crippen LogP contribution in [0.4, 0.5) is 19.0 Å². The fourth-order valence-electron chi connectivity index (χ4n) is 2.00. The Morgan fingerprint density at radius 1 is 1.55 bits per heavy atom. The van der Waals surface area contributed by atoms with Crippen LogP contribution in [0.5, 0.6) is 0 Å². The number of ether oxygens (including phenoxy) is 1. The highest BCUT2D eigenvalue weighted by atomic mass is 32.1. The van der Waals surface area contributed by atoms with Crippen molar-refractivity contribution in [1.29, 1.82) is 0 Å². The molecule has 0 radical (unpaired) electrons. The van der Waals surface area contributed by atoms with Gasteiger partial charge in [-0.1, -0.05) is 0 Å². The lowest BCUT2D eigenvalue weighted by atomic mass is 9.96. The minimum absolute atomic E-state index is 0.0307. The third-order valence-electron chi connectivity index (χ3n) is 3.11. The van der Waals surface area contributed by atoms with E-state index in [4.69, 9.17) is 23.1 Å². The summed E-state index contributed by atoms with van der Waals surface area (Å²) in [5.74, 6) is -3.11. The van der Waals surface area contributed by atoms with Crippen LogP contribution in [-0.4, -0.2) is 50.7 Å². The Bertz CT molecular complexity index is 574. The molecule has 1 aromatic rings. The molecule has 20 heavy (non-hydrogen) atoms. The van der Waals surface area contributed by atoms with Gasteiger partial charge in [-0.3, -0.25) is 4.57 Å². The summed E-state index contributed by atoms with van der Waals surface area (Å²) in [5, 5.41) is 18.5. The minimum atomic E-state index is -3.14. The number of halogens is 3. The van der Waals surface area contributed by atoms with Gasteiger partial charge in [0.25, 0.3) is 5.85 Å². The molecule has 1 aliphatic rings. The van der Waals surface area contributed by atoms with Crippen LogP contribution in [0.25, 0.3) is 0 Å². The average molecular weight is 311 g/mol. The summed E-state index contributed by atoms with van der Waals surface area (Å²) in [5.41, 5.74) is 2.25. The molecule has 1 saturated heterocycles. The third kappa shape index (κ3) is 2.08. The van der Waals surface area contributed by atoms with Crippen molar-refractivity contribution >= 4 is 18.0 Å². The first kappa shape index (κ1) is 15.2. The van der Waals surface area contributed by atoms with Crippen molar-refractivity contribution in [2.45, 2.75) is 23.9 Å². The van der Waals surface area contributed by atoms with Gasteiger partial charge in [0, 0.05) is 6.20 Å². The SMILES string of the molecule is Nc1ccn([C@@H]2O[C@](F)(CO)C(O)[C@]2(F)CF)c(=S)n1.